The van der Waals surface area contributed by atoms with E-state index in [1.807, 2.05) is 38.2 Å². The topological polar surface area (TPSA) is 61.8 Å². The van der Waals surface area contributed by atoms with Gasteiger partial charge in [-0.05, 0) is 56.5 Å². The quantitative estimate of drug-likeness (QED) is 0.810. The van der Waals surface area contributed by atoms with Crippen LogP contribution in [0.15, 0.2) is 24.3 Å². The van der Waals surface area contributed by atoms with Gasteiger partial charge >= 0.3 is 0 Å². The molecule has 1 saturated carbocycles. The van der Waals surface area contributed by atoms with E-state index in [9.17, 15) is 9.90 Å². The Morgan fingerprint density at radius 2 is 2.09 bits per heavy atom. The van der Waals surface area contributed by atoms with Gasteiger partial charge in [0.2, 0.25) is 5.91 Å². The number of anilines is 1. The molecule has 1 aromatic rings. The summed E-state index contributed by atoms with van der Waals surface area (Å²) in [5.41, 5.74) is 0.767. The maximum atomic E-state index is 12.5. The molecule has 0 spiro atoms. The molecule has 1 fully saturated rings. The summed E-state index contributed by atoms with van der Waals surface area (Å²) in [4.78, 5) is 14.6. The summed E-state index contributed by atoms with van der Waals surface area (Å²) in [7, 11) is 3.58. The molecule has 0 radical (unpaired) electrons. The summed E-state index contributed by atoms with van der Waals surface area (Å²) in [6, 6.07) is 7.14. The van der Waals surface area contributed by atoms with E-state index in [-0.39, 0.29) is 24.0 Å². The van der Waals surface area contributed by atoms with E-state index in [2.05, 4.69) is 10.2 Å². The standard InChI is InChI=1S/C18H28N2O3/c1-4-16(20(2)12-13-6-5-7-17(13)21)18(22)19-14-8-10-15(23-3)11-9-14/h8-11,13,16-17,21H,4-7,12H2,1-3H3,(H,19,22). The molecule has 0 aromatic heterocycles. The van der Waals surface area contributed by atoms with Crippen molar-refractivity contribution in [3.8, 4) is 5.75 Å². The van der Waals surface area contributed by atoms with Crippen LogP contribution in [-0.2, 0) is 4.79 Å². The van der Waals surface area contributed by atoms with Gasteiger partial charge in [-0.25, -0.2) is 0 Å². The Morgan fingerprint density at radius 1 is 1.39 bits per heavy atom. The fourth-order valence-corrected chi connectivity index (χ4v) is 3.32. The van der Waals surface area contributed by atoms with Crippen LogP contribution in [0.2, 0.25) is 0 Å². The highest BCUT2D eigenvalue weighted by atomic mass is 16.5. The average Bonchev–Trinajstić information content (AvgIpc) is 2.94. The van der Waals surface area contributed by atoms with Crippen molar-refractivity contribution >= 4 is 11.6 Å². The summed E-state index contributed by atoms with van der Waals surface area (Å²) >= 11 is 0. The predicted molar refractivity (Wildman–Crippen MR) is 91.7 cm³/mol. The molecule has 5 nitrogen and oxygen atoms in total. The van der Waals surface area contributed by atoms with Gasteiger partial charge in [0.15, 0.2) is 0 Å². The number of benzene rings is 1. The maximum absolute atomic E-state index is 12.5. The van der Waals surface area contributed by atoms with Crippen molar-refractivity contribution in [1.29, 1.82) is 0 Å². The van der Waals surface area contributed by atoms with E-state index in [1.54, 1.807) is 7.11 Å². The van der Waals surface area contributed by atoms with Crippen molar-refractivity contribution in [1.82, 2.24) is 4.90 Å². The lowest BCUT2D eigenvalue weighted by molar-refractivity contribution is -0.121. The van der Waals surface area contributed by atoms with Crippen LogP contribution < -0.4 is 10.1 Å². The van der Waals surface area contributed by atoms with Gasteiger partial charge in [-0.2, -0.15) is 0 Å². The Morgan fingerprint density at radius 3 is 2.61 bits per heavy atom. The maximum Gasteiger partial charge on any atom is 0.241 e. The summed E-state index contributed by atoms with van der Waals surface area (Å²) in [6.45, 7) is 2.77. The number of carbonyl (C=O) groups is 1. The van der Waals surface area contributed by atoms with Gasteiger partial charge in [0.05, 0.1) is 19.3 Å². The third-order valence-electron chi connectivity index (χ3n) is 4.72. The van der Waals surface area contributed by atoms with E-state index in [0.29, 0.717) is 0 Å². The molecule has 5 heteroatoms. The molecule has 0 aliphatic heterocycles. The van der Waals surface area contributed by atoms with Gasteiger partial charge in [0, 0.05) is 12.2 Å². The molecule has 2 N–H and O–H groups in total. The first kappa shape index (κ1) is 17.8. The Kier molecular flexibility index (Phi) is 6.42. The Balaban J connectivity index is 1.93. The lowest BCUT2D eigenvalue weighted by Gasteiger charge is -2.29. The number of nitrogens with zero attached hydrogens (tertiary/aromatic N) is 1. The van der Waals surface area contributed by atoms with Crippen molar-refractivity contribution in [2.75, 3.05) is 26.0 Å². The van der Waals surface area contributed by atoms with Gasteiger partial charge in [-0.3, -0.25) is 9.69 Å². The van der Waals surface area contributed by atoms with Crippen LogP contribution in [0, 0.1) is 5.92 Å². The van der Waals surface area contributed by atoms with Crippen LogP contribution in [0.1, 0.15) is 32.6 Å². The largest absolute Gasteiger partial charge is 0.497 e. The third-order valence-corrected chi connectivity index (χ3v) is 4.72. The highest BCUT2D eigenvalue weighted by Gasteiger charge is 2.29. The number of hydrogen-bond acceptors (Lipinski definition) is 4. The summed E-state index contributed by atoms with van der Waals surface area (Å²) in [6.07, 6.45) is 3.52. The molecule has 1 aliphatic rings. The zero-order valence-electron chi connectivity index (χ0n) is 14.3. The lowest BCUT2D eigenvalue weighted by atomic mass is 10.0. The number of amides is 1. The minimum Gasteiger partial charge on any atom is -0.497 e. The van der Waals surface area contributed by atoms with Crippen molar-refractivity contribution in [3.63, 3.8) is 0 Å². The molecule has 1 aliphatic carbocycles. The molecule has 23 heavy (non-hydrogen) atoms. The second-order valence-corrected chi connectivity index (χ2v) is 6.34. The van der Waals surface area contributed by atoms with Gasteiger partial charge < -0.3 is 15.2 Å². The van der Waals surface area contributed by atoms with Crippen molar-refractivity contribution in [3.05, 3.63) is 24.3 Å². The number of aliphatic hydroxyl groups is 1. The van der Waals surface area contributed by atoms with Crippen molar-refractivity contribution < 1.29 is 14.6 Å². The first-order valence-electron chi connectivity index (χ1n) is 8.38. The fourth-order valence-electron chi connectivity index (χ4n) is 3.32. The second kappa shape index (κ2) is 8.31. The smallest absolute Gasteiger partial charge is 0.241 e. The van der Waals surface area contributed by atoms with Crippen LogP contribution in [-0.4, -0.2) is 48.8 Å². The normalized spacial score (nSPS) is 22.1. The fraction of sp³-hybridized carbons (Fsp3) is 0.611. The molecule has 3 atom stereocenters. The highest BCUT2D eigenvalue weighted by Crippen LogP contribution is 2.27. The van der Waals surface area contributed by atoms with Crippen LogP contribution in [0.4, 0.5) is 5.69 Å². The van der Waals surface area contributed by atoms with E-state index in [4.69, 9.17) is 4.74 Å². The van der Waals surface area contributed by atoms with E-state index in [0.717, 1.165) is 43.7 Å². The average molecular weight is 320 g/mol. The summed E-state index contributed by atoms with van der Waals surface area (Å²) in [5, 5.41) is 12.9. The van der Waals surface area contributed by atoms with E-state index in [1.165, 1.54) is 0 Å². The number of carbonyl (C=O) groups excluding carboxylic acids is 1. The van der Waals surface area contributed by atoms with Crippen LogP contribution in [0.3, 0.4) is 0 Å². The molecule has 0 heterocycles. The second-order valence-electron chi connectivity index (χ2n) is 6.34. The van der Waals surface area contributed by atoms with E-state index >= 15 is 0 Å². The van der Waals surface area contributed by atoms with Gasteiger partial charge in [-0.15, -0.1) is 0 Å². The minimum absolute atomic E-state index is 0.00680. The number of likely N-dealkylation sites (N-methyl/N-ethyl adjacent to an activating group) is 1. The van der Waals surface area contributed by atoms with Crippen LogP contribution in [0.25, 0.3) is 0 Å². The molecular formula is C18H28N2O3. The first-order chi connectivity index (χ1) is 11.0. The molecule has 2 rings (SSSR count). The van der Waals surface area contributed by atoms with Crippen LogP contribution in [0.5, 0.6) is 5.75 Å². The van der Waals surface area contributed by atoms with Gasteiger partial charge in [0.1, 0.15) is 5.75 Å². The molecule has 128 valence electrons. The zero-order valence-corrected chi connectivity index (χ0v) is 14.3. The highest BCUT2D eigenvalue weighted by molar-refractivity contribution is 5.94. The number of nitrogens with one attached hydrogen (secondary N) is 1. The number of rotatable bonds is 7. The molecular weight excluding hydrogens is 292 g/mol. The molecule has 1 amide bonds. The van der Waals surface area contributed by atoms with Crippen molar-refractivity contribution in [2.24, 2.45) is 5.92 Å². The molecule has 0 bridgehead atoms. The molecule has 0 saturated heterocycles. The summed E-state index contributed by atoms with van der Waals surface area (Å²) in [5.74, 6) is 1.04. The molecule has 3 unspecified atom stereocenters. The number of ether oxygens (including phenoxy) is 1. The van der Waals surface area contributed by atoms with E-state index < -0.39 is 0 Å². The Bertz CT molecular complexity index is 503. The van der Waals surface area contributed by atoms with Gasteiger partial charge in [-0.1, -0.05) is 13.3 Å². The number of hydrogen-bond donors (Lipinski definition) is 2. The number of aliphatic hydroxyl groups excluding tert-OH is 1. The zero-order chi connectivity index (χ0) is 16.8. The Hall–Kier alpha value is -1.59. The Labute approximate surface area is 138 Å². The third kappa shape index (κ3) is 4.69. The van der Waals surface area contributed by atoms with Crippen LogP contribution >= 0.6 is 0 Å². The lowest BCUT2D eigenvalue weighted by Crippen LogP contribution is -2.44. The first-order valence-corrected chi connectivity index (χ1v) is 8.38. The SMILES string of the molecule is CCC(C(=O)Nc1ccc(OC)cc1)N(C)CC1CCCC1O. The number of methoxy groups -OCH3 is 1. The monoisotopic (exact) mass is 320 g/mol. The minimum atomic E-state index is -0.223. The van der Waals surface area contributed by atoms with Crippen molar-refractivity contribution in [2.45, 2.75) is 44.8 Å². The summed E-state index contributed by atoms with van der Waals surface area (Å²) < 4.78 is 5.12. The predicted octanol–water partition coefficient (Wildman–Crippen LogP) is 2.51. The van der Waals surface area contributed by atoms with Gasteiger partial charge in [0.25, 0.3) is 0 Å². The molecule has 1 aromatic carbocycles.